The van der Waals surface area contributed by atoms with E-state index >= 15 is 0 Å². The zero-order valence-corrected chi connectivity index (χ0v) is 18.7. The highest BCUT2D eigenvalue weighted by Crippen LogP contribution is 2.43. The number of aryl methyl sites for hydroxylation is 1. The van der Waals surface area contributed by atoms with Crippen LogP contribution in [0.4, 0.5) is 14.5 Å². The molecule has 1 amide bonds. The number of nitrogens with zero attached hydrogens (tertiary/aromatic N) is 1. The van der Waals surface area contributed by atoms with Crippen molar-refractivity contribution in [3.05, 3.63) is 101 Å². The monoisotopic (exact) mass is 463 g/mol. The van der Waals surface area contributed by atoms with Crippen LogP contribution in [0.2, 0.25) is 0 Å². The van der Waals surface area contributed by atoms with Gasteiger partial charge in [0.05, 0.1) is 23.9 Å². The third-order valence-electron chi connectivity index (χ3n) is 5.64. The molecule has 34 heavy (non-hydrogen) atoms. The molecule has 1 N–H and O–H groups in total. The van der Waals surface area contributed by atoms with Gasteiger partial charge in [0.2, 0.25) is 0 Å². The molecule has 0 spiro atoms. The number of amides is 1. The van der Waals surface area contributed by atoms with Crippen LogP contribution < -0.4 is 9.64 Å². The van der Waals surface area contributed by atoms with Crippen molar-refractivity contribution in [2.75, 3.05) is 11.5 Å². The maximum Gasteiger partial charge on any atom is 0.300 e. The molecule has 3 aromatic rings. The quantitative estimate of drug-likeness (QED) is 0.290. The Labute approximate surface area is 195 Å². The van der Waals surface area contributed by atoms with Crippen molar-refractivity contribution in [2.24, 2.45) is 0 Å². The Morgan fingerprint density at radius 3 is 2.41 bits per heavy atom. The highest BCUT2D eigenvalue weighted by atomic mass is 19.1. The molecule has 7 heteroatoms. The Bertz CT molecular complexity index is 1290. The fourth-order valence-corrected chi connectivity index (χ4v) is 4.03. The van der Waals surface area contributed by atoms with Crippen LogP contribution in [0.25, 0.3) is 5.76 Å². The van der Waals surface area contributed by atoms with Crippen LogP contribution in [-0.4, -0.2) is 23.4 Å². The van der Waals surface area contributed by atoms with Crippen LogP contribution >= 0.6 is 0 Å². The van der Waals surface area contributed by atoms with Gasteiger partial charge in [-0.25, -0.2) is 8.78 Å². The maximum atomic E-state index is 14.7. The summed E-state index contributed by atoms with van der Waals surface area (Å²) >= 11 is 0. The normalized spacial score (nSPS) is 17.3. The molecule has 1 saturated heterocycles. The average molecular weight is 463 g/mol. The van der Waals surface area contributed by atoms with E-state index in [0.29, 0.717) is 29.5 Å². The zero-order valence-electron chi connectivity index (χ0n) is 18.7. The molecule has 0 aromatic heterocycles. The molecule has 3 aromatic carbocycles. The van der Waals surface area contributed by atoms with Gasteiger partial charge < -0.3 is 9.84 Å². The minimum Gasteiger partial charge on any atom is -0.507 e. The number of Topliss-reactive ketones (excluding diaryl/α,β-unsaturated/α-hetero) is 1. The van der Waals surface area contributed by atoms with Gasteiger partial charge in [-0.2, -0.15) is 0 Å². The number of hydrogen-bond donors (Lipinski definition) is 1. The van der Waals surface area contributed by atoms with Gasteiger partial charge in [-0.15, -0.1) is 0 Å². The van der Waals surface area contributed by atoms with Crippen LogP contribution in [0.5, 0.6) is 5.75 Å². The summed E-state index contributed by atoms with van der Waals surface area (Å²) in [6.07, 6.45) is 0.835. The maximum absolute atomic E-state index is 14.7. The molecular weight excluding hydrogens is 440 g/mol. The molecule has 0 radical (unpaired) electrons. The highest BCUT2D eigenvalue weighted by molar-refractivity contribution is 6.51. The number of rotatable bonds is 6. The molecular formula is C27H23F2NO4. The number of aliphatic hydroxyl groups is 1. The van der Waals surface area contributed by atoms with Crippen molar-refractivity contribution < 1.29 is 28.2 Å². The number of halogens is 2. The van der Waals surface area contributed by atoms with Gasteiger partial charge in [0.15, 0.2) is 0 Å². The number of ketones is 1. The summed E-state index contributed by atoms with van der Waals surface area (Å²) in [6, 6.07) is 15.1. The molecule has 1 heterocycles. The largest absolute Gasteiger partial charge is 0.507 e. The molecule has 0 bridgehead atoms. The van der Waals surface area contributed by atoms with Crippen LogP contribution in [0, 0.1) is 18.6 Å². The Morgan fingerprint density at radius 2 is 1.76 bits per heavy atom. The number of ether oxygens (including phenoxy) is 1. The number of aliphatic hydroxyl groups excluding tert-OH is 1. The highest BCUT2D eigenvalue weighted by Gasteiger charge is 2.47. The van der Waals surface area contributed by atoms with Gasteiger partial charge in [-0.3, -0.25) is 14.5 Å². The molecule has 0 aliphatic carbocycles. The Morgan fingerprint density at radius 1 is 1.03 bits per heavy atom. The van der Waals surface area contributed by atoms with Gasteiger partial charge in [-0.05, 0) is 54.8 Å². The van der Waals surface area contributed by atoms with Crippen molar-refractivity contribution in [1.29, 1.82) is 0 Å². The molecule has 1 fully saturated rings. The van der Waals surface area contributed by atoms with Gasteiger partial charge in [0.25, 0.3) is 11.7 Å². The second-order valence-corrected chi connectivity index (χ2v) is 8.00. The first-order valence-electron chi connectivity index (χ1n) is 10.9. The number of anilines is 1. The van der Waals surface area contributed by atoms with Crippen molar-refractivity contribution in [3.63, 3.8) is 0 Å². The van der Waals surface area contributed by atoms with Gasteiger partial charge in [0.1, 0.15) is 23.1 Å². The number of carbonyl (C=O) groups excluding carboxylic acids is 2. The predicted molar refractivity (Wildman–Crippen MR) is 125 cm³/mol. The van der Waals surface area contributed by atoms with Crippen molar-refractivity contribution in [2.45, 2.75) is 26.3 Å². The van der Waals surface area contributed by atoms with E-state index in [1.54, 1.807) is 48.5 Å². The molecule has 174 valence electrons. The van der Waals surface area contributed by atoms with Gasteiger partial charge >= 0.3 is 0 Å². The summed E-state index contributed by atoms with van der Waals surface area (Å²) in [7, 11) is 0. The lowest BCUT2D eigenvalue weighted by molar-refractivity contribution is -0.132. The Hall–Kier alpha value is -4.00. The smallest absolute Gasteiger partial charge is 0.300 e. The number of benzene rings is 3. The summed E-state index contributed by atoms with van der Waals surface area (Å²) in [6.45, 7) is 4.33. The third kappa shape index (κ3) is 4.17. The van der Waals surface area contributed by atoms with E-state index in [0.717, 1.165) is 29.0 Å². The lowest BCUT2D eigenvalue weighted by Crippen LogP contribution is -2.30. The summed E-state index contributed by atoms with van der Waals surface area (Å²) in [5.41, 5.74) is 1.12. The molecule has 5 nitrogen and oxygen atoms in total. The average Bonchev–Trinajstić information content (AvgIpc) is 3.09. The van der Waals surface area contributed by atoms with Crippen LogP contribution in [0.15, 0.2) is 72.3 Å². The summed E-state index contributed by atoms with van der Waals surface area (Å²) in [5.74, 6) is -3.51. The molecule has 1 atom stereocenters. The molecule has 4 rings (SSSR count). The summed E-state index contributed by atoms with van der Waals surface area (Å²) in [5, 5.41) is 11.2. The molecule has 1 aliphatic heterocycles. The second-order valence-electron chi connectivity index (χ2n) is 8.00. The van der Waals surface area contributed by atoms with E-state index in [1.807, 2.05) is 13.8 Å². The first-order chi connectivity index (χ1) is 16.3. The summed E-state index contributed by atoms with van der Waals surface area (Å²) in [4.78, 5) is 27.2. The lowest BCUT2D eigenvalue weighted by Gasteiger charge is -2.25. The summed E-state index contributed by atoms with van der Waals surface area (Å²) < 4.78 is 33.9. The standard InChI is InChI=1S/C27H23F2NO4/c1-3-13-34-22-12-9-18(14-16(22)2)25(31)23-24(17-7-5-4-6-8-17)30(27(33)26(23)32)21-11-10-19(28)15-20(21)29/h4-12,14-15,24,31H,3,13H2,1-2H3/b25-23+. The van der Waals surface area contributed by atoms with Crippen molar-refractivity contribution >= 4 is 23.1 Å². The minimum absolute atomic E-state index is 0.179. The molecule has 1 aliphatic rings. The van der Waals surface area contributed by atoms with Gasteiger partial charge in [-0.1, -0.05) is 37.3 Å². The van der Waals surface area contributed by atoms with Crippen LogP contribution in [-0.2, 0) is 9.59 Å². The zero-order chi connectivity index (χ0) is 24.4. The lowest BCUT2D eigenvalue weighted by atomic mass is 9.94. The van der Waals surface area contributed by atoms with E-state index in [-0.39, 0.29) is 17.0 Å². The SMILES string of the molecule is CCCOc1ccc(/C(O)=C2\C(=O)C(=O)N(c3ccc(F)cc3F)C2c2ccccc2)cc1C. The van der Waals surface area contributed by atoms with E-state index in [9.17, 15) is 23.5 Å². The molecule has 0 saturated carbocycles. The van der Waals surface area contributed by atoms with E-state index < -0.39 is 29.4 Å². The number of carbonyl (C=O) groups is 2. The van der Waals surface area contributed by atoms with E-state index in [1.165, 1.54) is 0 Å². The Kier molecular flexibility index (Phi) is 6.45. The predicted octanol–water partition coefficient (Wildman–Crippen LogP) is 5.69. The second kappa shape index (κ2) is 9.47. The van der Waals surface area contributed by atoms with Gasteiger partial charge in [0, 0.05) is 11.6 Å². The third-order valence-corrected chi connectivity index (χ3v) is 5.64. The number of hydrogen-bond acceptors (Lipinski definition) is 4. The fraction of sp³-hybridized carbons (Fsp3) is 0.185. The first-order valence-corrected chi connectivity index (χ1v) is 10.9. The first kappa shape index (κ1) is 23.2. The topological polar surface area (TPSA) is 66.8 Å². The van der Waals surface area contributed by atoms with Crippen molar-refractivity contribution in [1.82, 2.24) is 0 Å². The van der Waals surface area contributed by atoms with E-state index in [4.69, 9.17) is 4.74 Å². The Balaban J connectivity index is 1.88. The minimum atomic E-state index is -1.10. The molecule has 1 unspecified atom stereocenters. The van der Waals surface area contributed by atoms with Crippen LogP contribution in [0.3, 0.4) is 0 Å². The fourth-order valence-electron chi connectivity index (χ4n) is 4.03. The van der Waals surface area contributed by atoms with Crippen LogP contribution in [0.1, 0.15) is 36.1 Å². The van der Waals surface area contributed by atoms with E-state index in [2.05, 4.69) is 0 Å². The van der Waals surface area contributed by atoms with Crippen molar-refractivity contribution in [3.8, 4) is 5.75 Å².